The molecule has 0 heterocycles. The van der Waals surface area contributed by atoms with Gasteiger partial charge in [0.2, 0.25) is 0 Å². The van der Waals surface area contributed by atoms with E-state index in [0.717, 1.165) is 10.6 Å². The summed E-state index contributed by atoms with van der Waals surface area (Å²) in [5.41, 5.74) is 3.90. The molecule has 0 N–H and O–H groups in total. The second-order valence-electron chi connectivity index (χ2n) is 4.41. The van der Waals surface area contributed by atoms with Crippen LogP contribution in [0.15, 0.2) is 23.7 Å². The number of halogens is 2. The van der Waals surface area contributed by atoms with E-state index in [1.54, 1.807) is 0 Å². The summed E-state index contributed by atoms with van der Waals surface area (Å²) in [7, 11) is 0. The Morgan fingerprint density at radius 2 is 1.88 bits per heavy atom. The van der Waals surface area contributed by atoms with Crippen molar-refractivity contribution in [1.29, 1.82) is 0 Å². The summed E-state index contributed by atoms with van der Waals surface area (Å²) in [6, 6.07) is 6.25. The molecule has 0 unspecified atom stereocenters. The van der Waals surface area contributed by atoms with Gasteiger partial charge in [0.1, 0.15) is 0 Å². The van der Waals surface area contributed by atoms with Crippen LogP contribution in [0.5, 0.6) is 0 Å². The first kappa shape index (κ1) is 12.0. The summed E-state index contributed by atoms with van der Waals surface area (Å²) in [5.74, 6) is 0.662. The molecule has 0 bridgehead atoms. The maximum Gasteiger partial charge on any atom is 0.0446 e. The van der Waals surface area contributed by atoms with Crippen LogP contribution in [-0.2, 0) is 0 Å². The third-order valence-electron chi connectivity index (χ3n) is 3.32. The third-order valence-corrected chi connectivity index (χ3v) is 3.78. The van der Waals surface area contributed by atoms with Gasteiger partial charge < -0.3 is 0 Å². The summed E-state index contributed by atoms with van der Waals surface area (Å²) < 4.78 is 0. The Balaban J connectivity index is 2.21. The van der Waals surface area contributed by atoms with Crippen LogP contribution in [-0.4, -0.2) is 0 Å². The summed E-state index contributed by atoms with van der Waals surface area (Å²) in [4.78, 5) is 0. The molecule has 1 aliphatic rings. The van der Waals surface area contributed by atoms with Gasteiger partial charge in [-0.1, -0.05) is 54.6 Å². The maximum absolute atomic E-state index is 6.32. The molecule has 86 valence electrons. The van der Waals surface area contributed by atoms with Crippen molar-refractivity contribution in [3.05, 3.63) is 39.9 Å². The summed E-state index contributed by atoms with van der Waals surface area (Å²) >= 11 is 11.9. The number of rotatable bonds is 2. The molecular formula is C14H16Cl2. The Hall–Kier alpha value is -0.460. The summed E-state index contributed by atoms with van der Waals surface area (Å²) in [6.07, 6.45) is 8.47. The van der Waals surface area contributed by atoms with Crippen molar-refractivity contribution < 1.29 is 0 Å². The predicted molar refractivity (Wildman–Crippen MR) is 72.2 cm³/mol. The van der Waals surface area contributed by atoms with E-state index in [9.17, 15) is 0 Å². The zero-order valence-electron chi connectivity index (χ0n) is 9.26. The fourth-order valence-electron chi connectivity index (χ4n) is 2.46. The van der Waals surface area contributed by atoms with E-state index >= 15 is 0 Å². The molecule has 0 saturated heterocycles. The van der Waals surface area contributed by atoms with Crippen molar-refractivity contribution in [2.75, 3.05) is 0 Å². The molecule has 16 heavy (non-hydrogen) atoms. The van der Waals surface area contributed by atoms with Gasteiger partial charge in [-0.3, -0.25) is 0 Å². The van der Waals surface area contributed by atoms with Crippen molar-refractivity contribution in [3.8, 4) is 0 Å². The monoisotopic (exact) mass is 254 g/mol. The first-order valence-corrected chi connectivity index (χ1v) is 6.69. The standard InChI is InChI=1S/C14H16Cl2/c15-9-8-11-6-7-13(14(16)10-11)12-4-2-1-3-5-12/h6-10,12H,1-5H2/b9-8+. The lowest BCUT2D eigenvalue weighted by Gasteiger charge is -2.23. The molecule has 1 aromatic rings. The average Bonchev–Trinajstić information content (AvgIpc) is 2.31. The maximum atomic E-state index is 6.32. The van der Waals surface area contributed by atoms with E-state index in [4.69, 9.17) is 23.2 Å². The van der Waals surface area contributed by atoms with Gasteiger partial charge in [0, 0.05) is 10.6 Å². The van der Waals surface area contributed by atoms with Crippen molar-refractivity contribution in [2.24, 2.45) is 0 Å². The van der Waals surface area contributed by atoms with Crippen LogP contribution in [0.3, 0.4) is 0 Å². The zero-order valence-corrected chi connectivity index (χ0v) is 10.8. The van der Waals surface area contributed by atoms with Crippen molar-refractivity contribution in [2.45, 2.75) is 38.0 Å². The van der Waals surface area contributed by atoms with Crippen molar-refractivity contribution in [1.82, 2.24) is 0 Å². The lowest BCUT2D eigenvalue weighted by molar-refractivity contribution is 0.444. The number of benzene rings is 1. The Bertz CT molecular complexity index is 376. The molecule has 2 heteroatoms. The molecule has 1 saturated carbocycles. The molecule has 1 aromatic carbocycles. The van der Waals surface area contributed by atoms with Gasteiger partial charge in [-0.25, -0.2) is 0 Å². The van der Waals surface area contributed by atoms with Crippen LogP contribution >= 0.6 is 23.2 Å². The quantitative estimate of drug-likeness (QED) is 0.645. The lowest BCUT2D eigenvalue weighted by atomic mass is 9.84. The highest BCUT2D eigenvalue weighted by Gasteiger charge is 2.17. The second-order valence-corrected chi connectivity index (χ2v) is 5.07. The fraction of sp³-hybridized carbons (Fsp3) is 0.429. The molecular weight excluding hydrogens is 239 g/mol. The predicted octanol–water partition coefficient (Wildman–Crippen LogP) is 5.60. The lowest BCUT2D eigenvalue weighted by Crippen LogP contribution is -2.05. The molecule has 1 aliphatic carbocycles. The fourth-order valence-corrected chi connectivity index (χ4v) is 2.95. The molecule has 0 atom stereocenters. The topological polar surface area (TPSA) is 0 Å². The molecule has 1 fully saturated rings. The van der Waals surface area contributed by atoms with Gasteiger partial charge in [0.05, 0.1) is 0 Å². The van der Waals surface area contributed by atoms with Crippen LogP contribution in [0.2, 0.25) is 5.02 Å². The number of hydrogen-bond acceptors (Lipinski definition) is 0. The van der Waals surface area contributed by atoms with Crippen LogP contribution in [0.25, 0.3) is 6.08 Å². The van der Waals surface area contributed by atoms with E-state index in [1.807, 2.05) is 12.1 Å². The average molecular weight is 255 g/mol. The van der Waals surface area contributed by atoms with Crippen molar-refractivity contribution >= 4 is 29.3 Å². The minimum absolute atomic E-state index is 0.662. The smallest absolute Gasteiger partial charge is 0.0446 e. The van der Waals surface area contributed by atoms with E-state index in [1.165, 1.54) is 43.2 Å². The van der Waals surface area contributed by atoms with Gasteiger partial charge in [0.25, 0.3) is 0 Å². The first-order chi connectivity index (χ1) is 7.81. The van der Waals surface area contributed by atoms with Gasteiger partial charge in [0.15, 0.2) is 0 Å². The van der Waals surface area contributed by atoms with Crippen LogP contribution in [0.4, 0.5) is 0 Å². The summed E-state index contributed by atoms with van der Waals surface area (Å²) in [6.45, 7) is 0. The van der Waals surface area contributed by atoms with Crippen LogP contribution in [0, 0.1) is 0 Å². The van der Waals surface area contributed by atoms with E-state index in [2.05, 4.69) is 12.1 Å². The number of hydrogen-bond donors (Lipinski definition) is 0. The molecule has 0 amide bonds. The van der Waals surface area contributed by atoms with E-state index in [-0.39, 0.29) is 0 Å². The van der Waals surface area contributed by atoms with Crippen LogP contribution in [0.1, 0.15) is 49.1 Å². The SMILES string of the molecule is Cl/C=C/c1ccc(C2CCCCC2)c(Cl)c1. The van der Waals surface area contributed by atoms with E-state index < -0.39 is 0 Å². The third kappa shape index (κ3) is 2.81. The van der Waals surface area contributed by atoms with E-state index in [0.29, 0.717) is 5.92 Å². The zero-order chi connectivity index (χ0) is 11.4. The Labute approximate surface area is 107 Å². The first-order valence-electron chi connectivity index (χ1n) is 5.87. The second kappa shape index (κ2) is 5.75. The molecule has 0 aliphatic heterocycles. The molecule has 2 rings (SSSR count). The molecule has 0 aromatic heterocycles. The highest BCUT2D eigenvalue weighted by Crippen LogP contribution is 2.36. The minimum atomic E-state index is 0.662. The molecule has 0 radical (unpaired) electrons. The van der Waals surface area contributed by atoms with Crippen molar-refractivity contribution in [3.63, 3.8) is 0 Å². The largest absolute Gasteiger partial charge is 0.0929 e. The van der Waals surface area contributed by atoms with Gasteiger partial charge in [-0.15, -0.1) is 0 Å². The normalized spacial score (nSPS) is 18.1. The highest BCUT2D eigenvalue weighted by atomic mass is 35.5. The Morgan fingerprint density at radius 1 is 1.12 bits per heavy atom. The van der Waals surface area contributed by atoms with Gasteiger partial charge in [-0.2, -0.15) is 0 Å². The Morgan fingerprint density at radius 3 is 2.50 bits per heavy atom. The summed E-state index contributed by atoms with van der Waals surface area (Å²) in [5, 5.41) is 0.888. The Kier molecular flexibility index (Phi) is 4.31. The van der Waals surface area contributed by atoms with Gasteiger partial charge >= 0.3 is 0 Å². The van der Waals surface area contributed by atoms with Crippen LogP contribution < -0.4 is 0 Å². The highest BCUT2D eigenvalue weighted by molar-refractivity contribution is 6.31. The molecule has 0 nitrogen and oxygen atoms in total. The molecule has 0 spiro atoms. The minimum Gasteiger partial charge on any atom is -0.0929 e. The van der Waals surface area contributed by atoms with Gasteiger partial charge in [-0.05, 0) is 42.0 Å².